The predicted molar refractivity (Wildman–Crippen MR) is 126 cm³/mol. The van der Waals surface area contributed by atoms with E-state index in [1.807, 2.05) is 37.3 Å². The van der Waals surface area contributed by atoms with Crippen molar-refractivity contribution < 1.29 is 26.4 Å². The lowest BCUT2D eigenvalue weighted by Gasteiger charge is -2.45. The summed E-state index contributed by atoms with van der Waals surface area (Å²) in [5.74, 6) is -0.809. The van der Waals surface area contributed by atoms with Crippen molar-refractivity contribution in [2.24, 2.45) is 5.92 Å². The molecule has 0 N–H and O–H groups in total. The number of para-hydroxylation sites is 1. The Morgan fingerprint density at radius 3 is 1.97 bits per heavy atom. The van der Waals surface area contributed by atoms with Gasteiger partial charge in [-0.05, 0) is 30.0 Å². The lowest BCUT2D eigenvalue weighted by molar-refractivity contribution is -0.00867. The van der Waals surface area contributed by atoms with Crippen molar-refractivity contribution in [2.75, 3.05) is 24.0 Å². The first-order valence-corrected chi connectivity index (χ1v) is 14.7. The zero-order valence-corrected chi connectivity index (χ0v) is 20.3. The molecule has 2 aromatic rings. The first-order chi connectivity index (χ1) is 14.9. The molecule has 32 heavy (non-hydrogen) atoms. The van der Waals surface area contributed by atoms with Crippen LogP contribution < -0.4 is 4.74 Å². The van der Waals surface area contributed by atoms with Crippen molar-refractivity contribution in [1.82, 2.24) is 0 Å². The van der Waals surface area contributed by atoms with Crippen LogP contribution in [0.4, 0.5) is 0 Å². The molecule has 3 rings (SSSR count). The van der Waals surface area contributed by atoms with Crippen molar-refractivity contribution in [1.29, 1.82) is 0 Å². The van der Waals surface area contributed by atoms with Crippen LogP contribution in [-0.2, 0) is 19.7 Å². The molecule has 0 spiro atoms. The number of hydrogen-bond acceptors (Lipinski definition) is 6. The summed E-state index contributed by atoms with van der Waals surface area (Å²) in [7, 11) is -6.71. The molecule has 1 aliphatic rings. The number of carbonyl (C=O) groups excluding carboxylic acids is 1. The molecule has 1 heterocycles. The summed E-state index contributed by atoms with van der Waals surface area (Å²) in [4.78, 5) is 13.7. The second-order valence-corrected chi connectivity index (χ2v) is 13.4. The number of ketones is 1. The van der Waals surface area contributed by atoms with E-state index in [2.05, 4.69) is 0 Å². The van der Waals surface area contributed by atoms with Crippen molar-refractivity contribution >= 4 is 25.5 Å². The number of fused-ring (bicyclic) bond motifs is 1. The van der Waals surface area contributed by atoms with E-state index in [-0.39, 0.29) is 36.0 Å². The standard InChI is InChI=1S/C24H30O6S2/c1-18(19-9-5-4-6-10-19)17-21-23(25)20-11-7-8-12-22(20)30-24(21,13-15-31(2,26)27)14-16-32(3,28)29/h4-12,18,21H,13-17H2,1-3H3. The number of ether oxygens (including phenoxy) is 1. The van der Waals surface area contributed by atoms with Crippen molar-refractivity contribution in [2.45, 2.75) is 37.7 Å². The van der Waals surface area contributed by atoms with E-state index in [0.29, 0.717) is 17.7 Å². The zero-order valence-electron chi connectivity index (χ0n) is 18.7. The normalized spacial score (nSPS) is 19.1. The second kappa shape index (κ2) is 9.35. The van der Waals surface area contributed by atoms with Crippen molar-refractivity contribution in [3.8, 4) is 5.75 Å². The molecule has 1 aliphatic heterocycles. The van der Waals surface area contributed by atoms with Crippen LogP contribution in [-0.4, -0.2) is 52.2 Å². The highest BCUT2D eigenvalue weighted by Crippen LogP contribution is 2.45. The Kier molecular flexibility index (Phi) is 7.15. The molecule has 0 aliphatic carbocycles. The van der Waals surface area contributed by atoms with E-state index < -0.39 is 31.2 Å². The van der Waals surface area contributed by atoms with Crippen LogP contribution in [0.2, 0.25) is 0 Å². The highest BCUT2D eigenvalue weighted by molar-refractivity contribution is 7.90. The van der Waals surface area contributed by atoms with Crippen LogP contribution in [0.3, 0.4) is 0 Å². The van der Waals surface area contributed by atoms with Crippen molar-refractivity contribution in [3.63, 3.8) is 0 Å². The van der Waals surface area contributed by atoms with Gasteiger partial charge < -0.3 is 4.74 Å². The zero-order chi connectivity index (χ0) is 23.6. The minimum Gasteiger partial charge on any atom is -0.486 e. The quantitative estimate of drug-likeness (QED) is 0.546. The highest BCUT2D eigenvalue weighted by atomic mass is 32.2. The van der Waals surface area contributed by atoms with Crippen LogP contribution in [0.15, 0.2) is 54.6 Å². The molecule has 2 atom stereocenters. The average molecular weight is 479 g/mol. The molecule has 2 unspecified atom stereocenters. The molecular formula is C24H30O6S2. The molecule has 0 aromatic heterocycles. The van der Waals surface area contributed by atoms with Crippen LogP contribution in [0, 0.1) is 5.92 Å². The Morgan fingerprint density at radius 2 is 1.41 bits per heavy atom. The molecule has 6 nitrogen and oxygen atoms in total. The summed E-state index contributed by atoms with van der Waals surface area (Å²) in [6, 6.07) is 16.7. The summed E-state index contributed by atoms with van der Waals surface area (Å²) >= 11 is 0. The maximum absolute atomic E-state index is 13.7. The maximum Gasteiger partial charge on any atom is 0.173 e. The smallest absolute Gasteiger partial charge is 0.173 e. The third-order valence-corrected chi connectivity index (χ3v) is 8.06. The highest BCUT2D eigenvalue weighted by Gasteiger charge is 2.50. The first-order valence-electron chi connectivity index (χ1n) is 10.6. The summed E-state index contributed by atoms with van der Waals surface area (Å²) in [5, 5.41) is 0. The van der Waals surface area contributed by atoms with Gasteiger partial charge in [0, 0.05) is 25.4 Å². The van der Waals surface area contributed by atoms with Gasteiger partial charge in [-0.15, -0.1) is 0 Å². The lowest BCUT2D eigenvalue weighted by Crippen LogP contribution is -2.53. The molecule has 0 bridgehead atoms. The van der Waals surface area contributed by atoms with Crippen molar-refractivity contribution in [3.05, 3.63) is 65.7 Å². The van der Waals surface area contributed by atoms with Crippen LogP contribution in [0.25, 0.3) is 0 Å². The fraction of sp³-hybridized carbons (Fsp3) is 0.458. The summed E-state index contributed by atoms with van der Waals surface area (Å²) in [6.07, 6.45) is 2.79. The Bertz CT molecular complexity index is 1130. The summed E-state index contributed by atoms with van der Waals surface area (Å²) < 4.78 is 54.5. The number of rotatable bonds is 9. The van der Waals surface area contributed by atoms with E-state index in [9.17, 15) is 21.6 Å². The van der Waals surface area contributed by atoms with E-state index in [1.54, 1.807) is 24.3 Å². The summed E-state index contributed by atoms with van der Waals surface area (Å²) in [6.45, 7) is 2.01. The minimum absolute atomic E-state index is 0.00476. The van der Waals surface area contributed by atoms with Gasteiger partial charge in [0.25, 0.3) is 0 Å². The van der Waals surface area contributed by atoms with Gasteiger partial charge >= 0.3 is 0 Å². The van der Waals surface area contributed by atoms with E-state index >= 15 is 0 Å². The third kappa shape index (κ3) is 5.98. The van der Waals surface area contributed by atoms with Crippen LogP contribution in [0.5, 0.6) is 5.75 Å². The Labute approximate surface area is 190 Å². The van der Waals surface area contributed by atoms with Gasteiger partial charge in [0.15, 0.2) is 5.78 Å². The van der Waals surface area contributed by atoms with Gasteiger partial charge in [-0.25, -0.2) is 16.8 Å². The third-order valence-electron chi connectivity index (χ3n) is 6.17. The molecule has 174 valence electrons. The molecule has 2 aromatic carbocycles. The Hall–Kier alpha value is -2.19. The second-order valence-electron chi connectivity index (χ2n) is 8.89. The van der Waals surface area contributed by atoms with Gasteiger partial charge in [-0.1, -0.05) is 49.4 Å². The number of Topliss-reactive ketones (excluding diaryl/α,β-unsaturated/α-hetero) is 1. The first kappa shape index (κ1) is 24.5. The maximum atomic E-state index is 13.7. The molecule has 0 amide bonds. The average Bonchev–Trinajstić information content (AvgIpc) is 2.73. The van der Waals surface area contributed by atoms with E-state index in [0.717, 1.165) is 18.1 Å². The molecule has 8 heteroatoms. The molecule has 0 fully saturated rings. The topological polar surface area (TPSA) is 94.6 Å². The number of sulfone groups is 2. The number of carbonyl (C=O) groups is 1. The molecule has 0 radical (unpaired) electrons. The fourth-order valence-corrected chi connectivity index (χ4v) is 5.79. The molecule has 0 saturated carbocycles. The van der Waals surface area contributed by atoms with Gasteiger partial charge in [0.1, 0.15) is 31.0 Å². The van der Waals surface area contributed by atoms with Gasteiger partial charge in [0.2, 0.25) is 0 Å². The Balaban J connectivity index is 2.07. The van der Waals surface area contributed by atoms with Crippen LogP contribution in [0.1, 0.15) is 48.0 Å². The largest absolute Gasteiger partial charge is 0.486 e. The van der Waals surface area contributed by atoms with Gasteiger partial charge in [0.05, 0.1) is 23.0 Å². The monoisotopic (exact) mass is 478 g/mol. The SMILES string of the molecule is CC(CC1C(=O)c2ccccc2OC1(CCS(C)(=O)=O)CCS(C)(=O)=O)c1ccccc1. The molecular weight excluding hydrogens is 448 g/mol. The summed E-state index contributed by atoms with van der Waals surface area (Å²) in [5.41, 5.74) is 0.284. The Morgan fingerprint density at radius 1 is 0.875 bits per heavy atom. The fourth-order valence-electron chi connectivity index (χ4n) is 4.36. The van der Waals surface area contributed by atoms with Gasteiger partial charge in [-0.2, -0.15) is 0 Å². The van der Waals surface area contributed by atoms with E-state index in [4.69, 9.17) is 4.74 Å². The van der Waals surface area contributed by atoms with E-state index in [1.165, 1.54) is 0 Å². The predicted octanol–water partition coefficient (Wildman–Crippen LogP) is 3.68. The molecule has 0 saturated heterocycles. The number of benzene rings is 2. The lowest BCUT2D eigenvalue weighted by atomic mass is 9.71. The number of hydrogen-bond donors (Lipinski definition) is 0. The minimum atomic E-state index is -3.36. The van der Waals surface area contributed by atoms with Crippen LogP contribution >= 0.6 is 0 Å². The van der Waals surface area contributed by atoms with Gasteiger partial charge in [-0.3, -0.25) is 4.79 Å².